The Kier molecular flexibility index (Phi) is 7.41. The molecular formula is C16H23ClINO3. The summed E-state index contributed by atoms with van der Waals surface area (Å²) in [7, 11) is 0. The number of ether oxygens (including phenoxy) is 2. The molecule has 1 unspecified atom stereocenters. The molecule has 0 fully saturated rings. The average molecular weight is 440 g/mol. The van der Waals surface area contributed by atoms with E-state index < -0.39 is 17.3 Å². The number of hydrogen-bond donors (Lipinski definition) is 1. The number of nitrogens with one attached hydrogen (secondary N) is 1. The highest BCUT2D eigenvalue weighted by atomic mass is 127. The molecule has 1 aromatic rings. The van der Waals surface area contributed by atoms with Crippen molar-refractivity contribution in [2.75, 3.05) is 11.0 Å². The summed E-state index contributed by atoms with van der Waals surface area (Å²) in [4.78, 5) is 11.7. The monoisotopic (exact) mass is 439 g/mol. The van der Waals surface area contributed by atoms with Gasteiger partial charge < -0.3 is 14.8 Å². The average Bonchev–Trinajstić information content (AvgIpc) is 2.42. The molecule has 0 heterocycles. The van der Waals surface area contributed by atoms with Gasteiger partial charge in [0.1, 0.15) is 5.60 Å². The first-order valence-electron chi connectivity index (χ1n) is 7.05. The number of alkyl carbamates (subject to hydrolysis) is 1. The lowest BCUT2D eigenvalue weighted by molar-refractivity contribution is -0.0245. The zero-order valence-electron chi connectivity index (χ0n) is 13.4. The van der Waals surface area contributed by atoms with Gasteiger partial charge in [-0.3, -0.25) is 0 Å². The maximum Gasteiger partial charge on any atom is 0.407 e. The molecule has 22 heavy (non-hydrogen) atoms. The molecule has 0 saturated carbocycles. The van der Waals surface area contributed by atoms with Crippen molar-refractivity contribution >= 4 is 40.3 Å². The second-order valence-corrected chi connectivity index (χ2v) is 7.49. The minimum atomic E-state index is -0.511. The first-order valence-corrected chi connectivity index (χ1v) is 8.96. The van der Waals surface area contributed by atoms with Crippen LogP contribution in [0, 0.1) is 0 Å². The van der Waals surface area contributed by atoms with Gasteiger partial charge in [-0.25, -0.2) is 4.79 Å². The summed E-state index contributed by atoms with van der Waals surface area (Å²) >= 11 is 8.37. The Morgan fingerprint density at radius 2 is 1.91 bits per heavy atom. The van der Waals surface area contributed by atoms with E-state index in [2.05, 4.69) is 27.9 Å². The number of rotatable bonds is 6. The Hall–Kier alpha value is -0.530. The molecule has 0 radical (unpaired) electrons. The third-order valence-electron chi connectivity index (χ3n) is 2.82. The third kappa shape index (κ3) is 7.15. The molecule has 6 heteroatoms. The fraction of sp³-hybridized carbons (Fsp3) is 0.562. The molecule has 0 saturated heterocycles. The largest absolute Gasteiger partial charge is 0.444 e. The van der Waals surface area contributed by atoms with Gasteiger partial charge in [-0.2, -0.15) is 0 Å². The van der Waals surface area contributed by atoms with Crippen LogP contribution in [0.1, 0.15) is 33.3 Å². The Balaban J connectivity index is 2.54. The highest BCUT2D eigenvalue weighted by Gasteiger charge is 2.26. The predicted octanol–water partition coefficient (Wildman–Crippen LogP) is 4.58. The van der Waals surface area contributed by atoms with Crippen LogP contribution in [0.2, 0.25) is 5.02 Å². The number of carbonyl (C=O) groups excluding carboxylic acids is 1. The number of halogens is 2. The predicted molar refractivity (Wildman–Crippen MR) is 97.8 cm³/mol. The van der Waals surface area contributed by atoms with E-state index in [0.717, 1.165) is 9.99 Å². The number of alkyl halides is 1. The molecule has 124 valence electrons. The summed E-state index contributed by atoms with van der Waals surface area (Å²) in [5.74, 6) is 0. The fourth-order valence-corrected chi connectivity index (χ4v) is 2.26. The fourth-order valence-electron chi connectivity index (χ4n) is 1.58. The van der Waals surface area contributed by atoms with Gasteiger partial charge in [-0.05, 0) is 39.3 Å². The van der Waals surface area contributed by atoms with Crippen LogP contribution in [0.25, 0.3) is 0 Å². The maximum absolute atomic E-state index is 11.7. The van der Waals surface area contributed by atoms with Gasteiger partial charge in [-0.15, -0.1) is 0 Å². The molecule has 0 aliphatic carbocycles. The SMILES string of the molecule is CC(C)(C)OC(=O)NCC(C)(CI)OCc1ccccc1Cl. The van der Waals surface area contributed by atoms with Gasteiger partial charge in [0.05, 0.1) is 18.8 Å². The van der Waals surface area contributed by atoms with Gasteiger partial charge in [0.2, 0.25) is 0 Å². The zero-order valence-corrected chi connectivity index (χ0v) is 16.3. The Labute approximate surface area is 151 Å². The highest BCUT2D eigenvalue weighted by molar-refractivity contribution is 14.1. The highest BCUT2D eigenvalue weighted by Crippen LogP contribution is 2.21. The molecule has 4 nitrogen and oxygen atoms in total. The zero-order chi connectivity index (χ0) is 16.8. The first kappa shape index (κ1) is 19.5. The maximum atomic E-state index is 11.7. The molecule has 1 atom stereocenters. The summed E-state index contributed by atoms with van der Waals surface area (Å²) in [5.41, 5.74) is -0.0719. The van der Waals surface area contributed by atoms with Crippen LogP contribution in [0.5, 0.6) is 0 Å². The molecule has 0 bridgehead atoms. The van der Waals surface area contributed by atoms with Gasteiger partial charge >= 0.3 is 6.09 Å². The number of carbonyl (C=O) groups is 1. The summed E-state index contributed by atoms with van der Waals surface area (Å²) in [5, 5.41) is 3.44. The summed E-state index contributed by atoms with van der Waals surface area (Å²) in [6.07, 6.45) is -0.440. The van der Waals surface area contributed by atoms with E-state index in [9.17, 15) is 4.79 Å². The van der Waals surface area contributed by atoms with Gasteiger partial charge in [0, 0.05) is 9.45 Å². The van der Waals surface area contributed by atoms with Crippen molar-refractivity contribution in [3.05, 3.63) is 34.9 Å². The number of benzene rings is 1. The Morgan fingerprint density at radius 3 is 2.45 bits per heavy atom. The second kappa shape index (κ2) is 8.36. The molecule has 1 N–H and O–H groups in total. The molecule has 1 amide bonds. The molecular weight excluding hydrogens is 417 g/mol. The minimum Gasteiger partial charge on any atom is -0.444 e. The molecule has 0 aromatic heterocycles. The Bertz CT molecular complexity index is 504. The third-order valence-corrected chi connectivity index (χ3v) is 4.80. The standard InChI is InChI=1S/C16H23ClINO3/c1-15(2,3)22-14(20)19-11-16(4,10-18)21-9-12-7-5-6-8-13(12)17/h5-8H,9-11H2,1-4H3,(H,19,20). The topological polar surface area (TPSA) is 47.6 Å². The lowest BCUT2D eigenvalue weighted by Gasteiger charge is -2.29. The smallest absolute Gasteiger partial charge is 0.407 e. The quantitative estimate of drug-likeness (QED) is 0.521. The van der Waals surface area contributed by atoms with E-state index >= 15 is 0 Å². The summed E-state index contributed by atoms with van der Waals surface area (Å²) in [6, 6.07) is 7.57. The van der Waals surface area contributed by atoms with E-state index in [1.54, 1.807) is 0 Å². The van der Waals surface area contributed by atoms with E-state index in [1.807, 2.05) is 52.0 Å². The van der Waals surface area contributed by atoms with Crippen molar-refractivity contribution in [1.82, 2.24) is 5.32 Å². The normalized spacial score (nSPS) is 14.3. The summed E-state index contributed by atoms with van der Waals surface area (Å²) < 4.78 is 11.9. The summed E-state index contributed by atoms with van der Waals surface area (Å²) in [6.45, 7) is 8.21. The Morgan fingerprint density at radius 1 is 1.27 bits per heavy atom. The first-order chi connectivity index (χ1) is 10.2. The van der Waals surface area contributed by atoms with Crippen molar-refractivity contribution in [3.8, 4) is 0 Å². The van der Waals surface area contributed by atoms with Crippen LogP contribution < -0.4 is 5.32 Å². The van der Waals surface area contributed by atoms with E-state index in [1.165, 1.54) is 0 Å². The van der Waals surface area contributed by atoms with E-state index in [4.69, 9.17) is 21.1 Å². The molecule has 0 aliphatic rings. The molecule has 0 spiro atoms. The molecule has 1 aromatic carbocycles. The van der Waals surface area contributed by atoms with Crippen LogP contribution in [-0.4, -0.2) is 28.3 Å². The van der Waals surface area contributed by atoms with Crippen LogP contribution in [0.15, 0.2) is 24.3 Å². The van der Waals surface area contributed by atoms with E-state index in [0.29, 0.717) is 18.2 Å². The number of amides is 1. The van der Waals surface area contributed by atoms with Gasteiger partial charge in [-0.1, -0.05) is 52.4 Å². The second-order valence-electron chi connectivity index (χ2n) is 6.32. The lowest BCUT2D eigenvalue weighted by atomic mass is 10.1. The van der Waals surface area contributed by atoms with Crippen LogP contribution in [-0.2, 0) is 16.1 Å². The van der Waals surface area contributed by atoms with Crippen molar-refractivity contribution in [2.45, 2.75) is 45.5 Å². The van der Waals surface area contributed by atoms with Crippen LogP contribution in [0.4, 0.5) is 4.79 Å². The van der Waals surface area contributed by atoms with Crippen LogP contribution in [0.3, 0.4) is 0 Å². The van der Waals surface area contributed by atoms with Crippen LogP contribution >= 0.6 is 34.2 Å². The lowest BCUT2D eigenvalue weighted by Crippen LogP contribution is -2.45. The van der Waals surface area contributed by atoms with Gasteiger partial charge in [0.25, 0.3) is 0 Å². The molecule has 0 aliphatic heterocycles. The van der Waals surface area contributed by atoms with Crippen molar-refractivity contribution in [1.29, 1.82) is 0 Å². The van der Waals surface area contributed by atoms with E-state index in [-0.39, 0.29) is 0 Å². The minimum absolute atomic E-state index is 0.370. The number of hydrogen-bond acceptors (Lipinski definition) is 3. The van der Waals surface area contributed by atoms with Crippen molar-refractivity contribution < 1.29 is 14.3 Å². The molecule has 1 rings (SSSR count). The van der Waals surface area contributed by atoms with Crippen molar-refractivity contribution in [2.24, 2.45) is 0 Å². The van der Waals surface area contributed by atoms with Crippen molar-refractivity contribution in [3.63, 3.8) is 0 Å². The van der Waals surface area contributed by atoms with Gasteiger partial charge in [0.15, 0.2) is 0 Å².